The van der Waals surface area contributed by atoms with Crippen LogP contribution in [0, 0.1) is 6.92 Å². The van der Waals surface area contributed by atoms with Gasteiger partial charge in [0.25, 0.3) is 5.91 Å². The second kappa shape index (κ2) is 5.59. The van der Waals surface area contributed by atoms with E-state index in [2.05, 4.69) is 26.2 Å². The van der Waals surface area contributed by atoms with Crippen LogP contribution in [0.25, 0.3) is 0 Å². The van der Waals surface area contributed by atoms with Crippen LogP contribution in [-0.2, 0) is 0 Å². The first-order valence-corrected chi connectivity index (χ1v) is 6.63. The van der Waals surface area contributed by atoms with E-state index in [-0.39, 0.29) is 5.91 Å². The molecule has 2 rings (SSSR count). The fourth-order valence-corrected chi connectivity index (χ4v) is 2.19. The molecular weight excluding hydrogens is 330 g/mol. The number of halogens is 2. The number of carbonyl (C=O) groups is 1. The van der Waals surface area contributed by atoms with Crippen molar-refractivity contribution in [3.8, 4) is 0 Å². The van der Waals surface area contributed by atoms with Crippen molar-refractivity contribution in [2.24, 2.45) is 0 Å². The van der Waals surface area contributed by atoms with Gasteiger partial charge in [0, 0.05) is 21.4 Å². The molecule has 0 aliphatic rings. The second-order valence-electron chi connectivity index (χ2n) is 4.00. The topological polar surface area (TPSA) is 68.0 Å². The van der Waals surface area contributed by atoms with Gasteiger partial charge in [-0.3, -0.25) is 4.79 Å². The normalized spacial score (nSPS) is 10.3. The highest BCUT2D eigenvalue weighted by atomic mass is 79.9. The number of carbonyl (C=O) groups excluding carboxylic acids is 1. The molecule has 0 unspecified atom stereocenters. The van der Waals surface area contributed by atoms with Gasteiger partial charge < -0.3 is 11.1 Å². The molecule has 0 saturated carbocycles. The number of aryl methyl sites for hydroxylation is 1. The molecule has 0 aliphatic heterocycles. The molecule has 6 heteroatoms. The summed E-state index contributed by atoms with van der Waals surface area (Å²) in [6, 6.07) is 6.63. The maximum atomic E-state index is 12.1. The third kappa shape index (κ3) is 3.24. The average Bonchev–Trinajstić information content (AvgIpc) is 2.35. The lowest BCUT2D eigenvalue weighted by atomic mass is 10.1. The summed E-state index contributed by atoms with van der Waals surface area (Å²) < 4.78 is 0.852. The van der Waals surface area contributed by atoms with Gasteiger partial charge in [-0.1, -0.05) is 11.6 Å². The van der Waals surface area contributed by atoms with Gasteiger partial charge in [-0.25, -0.2) is 4.98 Å². The van der Waals surface area contributed by atoms with E-state index < -0.39 is 0 Å². The van der Waals surface area contributed by atoms with Crippen molar-refractivity contribution >= 4 is 44.9 Å². The van der Waals surface area contributed by atoms with E-state index in [4.69, 9.17) is 17.3 Å². The molecule has 0 radical (unpaired) electrons. The van der Waals surface area contributed by atoms with Crippen LogP contribution < -0.4 is 11.1 Å². The Morgan fingerprint density at radius 3 is 2.84 bits per heavy atom. The molecule has 3 N–H and O–H groups in total. The highest BCUT2D eigenvalue weighted by Crippen LogP contribution is 2.21. The summed E-state index contributed by atoms with van der Waals surface area (Å²) >= 11 is 9.17. The van der Waals surface area contributed by atoms with Crippen LogP contribution in [-0.4, -0.2) is 10.9 Å². The Hall–Kier alpha value is -1.59. The lowest BCUT2D eigenvalue weighted by Gasteiger charge is -2.09. The van der Waals surface area contributed by atoms with Crippen molar-refractivity contribution in [1.29, 1.82) is 0 Å². The summed E-state index contributed by atoms with van der Waals surface area (Å²) in [7, 11) is 0. The van der Waals surface area contributed by atoms with Gasteiger partial charge in [-0.05, 0) is 52.7 Å². The number of nitrogen functional groups attached to an aromatic ring is 1. The number of rotatable bonds is 2. The van der Waals surface area contributed by atoms with Crippen molar-refractivity contribution in [2.75, 3.05) is 11.1 Å². The summed E-state index contributed by atoms with van der Waals surface area (Å²) in [5.41, 5.74) is 7.31. The Morgan fingerprint density at radius 1 is 1.42 bits per heavy atom. The molecule has 2 aromatic rings. The Morgan fingerprint density at radius 2 is 2.16 bits per heavy atom. The van der Waals surface area contributed by atoms with Gasteiger partial charge in [-0.2, -0.15) is 0 Å². The van der Waals surface area contributed by atoms with Crippen LogP contribution in [0.3, 0.4) is 0 Å². The number of nitrogens with one attached hydrogen (secondary N) is 1. The largest absolute Gasteiger partial charge is 0.398 e. The van der Waals surface area contributed by atoms with Gasteiger partial charge in [0.1, 0.15) is 5.82 Å². The third-order valence-electron chi connectivity index (χ3n) is 2.54. The summed E-state index contributed by atoms with van der Waals surface area (Å²) in [5.74, 6) is 0.158. The quantitative estimate of drug-likeness (QED) is 0.820. The minimum absolute atomic E-state index is 0.330. The summed E-state index contributed by atoms with van der Waals surface area (Å²) in [6.07, 6.45) is 1.62. The molecule has 4 nitrogen and oxygen atoms in total. The Bertz CT molecular complexity index is 646. The second-order valence-corrected chi connectivity index (χ2v) is 5.36. The minimum atomic E-state index is -0.335. The number of nitrogens with zero attached hydrogens (tertiary/aromatic N) is 1. The van der Waals surface area contributed by atoms with Crippen LogP contribution in [0.4, 0.5) is 11.5 Å². The number of hydrogen-bond acceptors (Lipinski definition) is 3. The number of nitrogens with two attached hydrogens (primary N) is 1. The third-order valence-corrected chi connectivity index (χ3v) is 3.21. The molecule has 1 amide bonds. The highest BCUT2D eigenvalue weighted by Gasteiger charge is 2.12. The lowest BCUT2D eigenvalue weighted by Crippen LogP contribution is -2.15. The molecule has 0 fully saturated rings. The van der Waals surface area contributed by atoms with Gasteiger partial charge in [0.05, 0.1) is 5.56 Å². The molecular formula is C13H11BrClN3O. The lowest BCUT2D eigenvalue weighted by molar-refractivity contribution is 0.102. The van der Waals surface area contributed by atoms with Crippen LogP contribution in [0.1, 0.15) is 15.9 Å². The Balaban J connectivity index is 2.28. The fourth-order valence-electron chi connectivity index (χ4n) is 1.57. The van der Waals surface area contributed by atoms with Crippen LogP contribution in [0.2, 0.25) is 5.02 Å². The summed E-state index contributed by atoms with van der Waals surface area (Å²) in [6.45, 7) is 1.86. The molecule has 0 bridgehead atoms. The molecule has 0 saturated heterocycles. The van der Waals surface area contributed by atoms with Gasteiger partial charge in [0.15, 0.2) is 0 Å². The smallest absolute Gasteiger partial charge is 0.258 e. The number of pyridine rings is 1. The zero-order chi connectivity index (χ0) is 14.0. The molecule has 1 aromatic heterocycles. The molecule has 1 aromatic carbocycles. The maximum absolute atomic E-state index is 12.1. The first-order valence-electron chi connectivity index (χ1n) is 5.46. The minimum Gasteiger partial charge on any atom is -0.398 e. The molecule has 0 atom stereocenters. The highest BCUT2D eigenvalue weighted by molar-refractivity contribution is 9.10. The standard InChI is InChI=1S/C13H11BrClN3O/c1-7-4-8(14)6-17-12(7)18-13(19)10-5-9(15)2-3-11(10)16/h2-6H,16H2,1H3,(H,17,18,19). The monoisotopic (exact) mass is 339 g/mol. The fraction of sp³-hybridized carbons (Fsp3) is 0.0769. The van der Waals surface area contributed by atoms with E-state index in [0.29, 0.717) is 22.1 Å². The maximum Gasteiger partial charge on any atom is 0.258 e. The molecule has 0 spiro atoms. The van der Waals surface area contributed by atoms with Crippen molar-refractivity contribution in [3.05, 3.63) is 51.1 Å². The zero-order valence-electron chi connectivity index (χ0n) is 10.1. The van der Waals surface area contributed by atoms with E-state index in [9.17, 15) is 4.79 Å². The molecule has 19 heavy (non-hydrogen) atoms. The summed E-state index contributed by atoms with van der Waals surface area (Å²) in [5, 5.41) is 3.17. The summed E-state index contributed by atoms with van der Waals surface area (Å²) in [4.78, 5) is 16.3. The number of aromatic nitrogens is 1. The first kappa shape index (κ1) is 13.8. The van der Waals surface area contributed by atoms with Crippen molar-refractivity contribution in [3.63, 3.8) is 0 Å². The zero-order valence-corrected chi connectivity index (χ0v) is 12.4. The Labute approximate surface area is 124 Å². The first-order chi connectivity index (χ1) is 8.97. The number of anilines is 2. The predicted octanol–water partition coefficient (Wildman–Crippen LogP) is 3.64. The number of benzene rings is 1. The van der Waals surface area contributed by atoms with Gasteiger partial charge in [-0.15, -0.1) is 0 Å². The van der Waals surface area contributed by atoms with E-state index in [0.717, 1.165) is 10.0 Å². The van der Waals surface area contributed by atoms with Gasteiger partial charge in [0.2, 0.25) is 0 Å². The van der Waals surface area contributed by atoms with Crippen LogP contribution >= 0.6 is 27.5 Å². The van der Waals surface area contributed by atoms with E-state index in [1.165, 1.54) is 6.07 Å². The molecule has 1 heterocycles. The van der Waals surface area contributed by atoms with Crippen molar-refractivity contribution in [2.45, 2.75) is 6.92 Å². The number of amides is 1. The molecule has 98 valence electrons. The van der Waals surface area contributed by atoms with E-state index >= 15 is 0 Å². The van der Waals surface area contributed by atoms with E-state index in [1.807, 2.05) is 13.0 Å². The van der Waals surface area contributed by atoms with Crippen molar-refractivity contribution in [1.82, 2.24) is 4.98 Å². The predicted molar refractivity (Wildman–Crippen MR) is 80.5 cm³/mol. The van der Waals surface area contributed by atoms with Gasteiger partial charge >= 0.3 is 0 Å². The average molecular weight is 341 g/mol. The van der Waals surface area contributed by atoms with Crippen molar-refractivity contribution < 1.29 is 4.79 Å². The number of hydrogen-bond donors (Lipinski definition) is 2. The van der Waals surface area contributed by atoms with E-state index in [1.54, 1.807) is 18.3 Å². The SMILES string of the molecule is Cc1cc(Br)cnc1NC(=O)c1cc(Cl)ccc1N. The Kier molecular flexibility index (Phi) is 4.07. The van der Waals surface area contributed by atoms with Crippen LogP contribution in [0.5, 0.6) is 0 Å². The molecule has 0 aliphatic carbocycles. The van der Waals surface area contributed by atoms with Crippen LogP contribution in [0.15, 0.2) is 34.9 Å².